The molecule has 4 rings (SSSR count). The average molecular weight is 442 g/mol. The molecule has 148 valence electrons. The van der Waals surface area contributed by atoms with Gasteiger partial charge in [-0.1, -0.05) is 86.1 Å². The van der Waals surface area contributed by atoms with Gasteiger partial charge in [0.2, 0.25) is 5.91 Å². The van der Waals surface area contributed by atoms with Gasteiger partial charge in [0, 0.05) is 35.7 Å². The van der Waals surface area contributed by atoms with Crippen LogP contribution >= 0.6 is 0 Å². The van der Waals surface area contributed by atoms with Crippen molar-refractivity contribution in [2.75, 3.05) is 6.54 Å². The Bertz CT molecular complexity index is 737. The molecule has 0 N–H and O–H groups in total. The summed E-state index contributed by atoms with van der Waals surface area (Å²) in [6.45, 7) is 15.7. The van der Waals surface area contributed by atoms with Crippen molar-refractivity contribution < 1.29 is 21.6 Å². The summed E-state index contributed by atoms with van der Waals surface area (Å²) in [6.07, 6.45) is 17.6. The van der Waals surface area contributed by atoms with E-state index in [1.54, 1.807) is 10.4 Å². The minimum Gasteiger partial charge on any atom is -0.331 e. The molecule has 2 aliphatic carbocycles. The van der Waals surface area contributed by atoms with Crippen LogP contribution in [0.1, 0.15) is 6.42 Å². The molecule has 0 saturated carbocycles. The molecule has 0 aromatic carbocycles. The van der Waals surface area contributed by atoms with Gasteiger partial charge in [-0.2, -0.15) is 0 Å². The van der Waals surface area contributed by atoms with Gasteiger partial charge in [-0.15, -0.1) is 0 Å². The molecule has 2 nitrogen and oxygen atoms in total. The van der Waals surface area contributed by atoms with Crippen molar-refractivity contribution in [2.24, 2.45) is 5.92 Å². The molecule has 2 radical (unpaired) electrons. The van der Waals surface area contributed by atoms with Crippen LogP contribution < -0.4 is 0 Å². The molecule has 2 heterocycles. The summed E-state index contributed by atoms with van der Waals surface area (Å²) in [5.74, 6) is 0.671. The molecule has 0 bridgehead atoms. The molecule has 1 amide bonds. The first kappa shape index (κ1) is 22.4. The number of hydrogen-bond donors (Lipinski definition) is 0. The zero-order valence-electron chi connectivity index (χ0n) is 17.4. The Hall–Kier alpha value is -0.890. The molecule has 2 atom stereocenters. The molecular formula is C22H32CoNOSi2. The fraction of sp³-hybridized carbons (Fsp3) is 0.455. The Kier molecular flexibility index (Phi) is 6.83. The van der Waals surface area contributed by atoms with E-state index < -0.39 is 16.1 Å². The van der Waals surface area contributed by atoms with Crippen LogP contribution in [-0.4, -0.2) is 39.5 Å². The van der Waals surface area contributed by atoms with Crippen molar-refractivity contribution in [3.63, 3.8) is 0 Å². The average Bonchev–Trinajstić information content (AvgIpc) is 3.21. The van der Waals surface area contributed by atoms with Crippen molar-refractivity contribution in [1.82, 2.24) is 4.90 Å². The van der Waals surface area contributed by atoms with Gasteiger partial charge in [0.05, 0.1) is 22.2 Å². The molecule has 2 aliphatic heterocycles. The molecule has 0 spiro atoms. The maximum absolute atomic E-state index is 12.2. The first-order chi connectivity index (χ1) is 12.1. The maximum atomic E-state index is 12.2. The van der Waals surface area contributed by atoms with E-state index in [-0.39, 0.29) is 22.7 Å². The Labute approximate surface area is 177 Å². The largest absolute Gasteiger partial charge is 0.331 e. The second kappa shape index (κ2) is 8.23. The molecule has 5 heteroatoms. The predicted octanol–water partition coefficient (Wildman–Crippen LogP) is 5.08. The first-order valence-corrected chi connectivity index (χ1v) is 16.7. The number of nitrogens with zero attached hydrogens (tertiary/aromatic N) is 1. The van der Waals surface area contributed by atoms with Crippen molar-refractivity contribution in [2.45, 2.75) is 51.7 Å². The van der Waals surface area contributed by atoms with E-state index in [0.29, 0.717) is 12.0 Å². The molecule has 4 aliphatic rings. The number of allylic oxidation sites excluding steroid dienone is 6. The van der Waals surface area contributed by atoms with E-state index in [1.807, 2.05) is 36.8 Å². The zero-order chi connectivity index (χ0) is 19.1. The second-order valence-corrected chi connectivity index (χ2v) is 19.7. The van der Waals surface area contributed by atoms with Crippen LogP contribution in [0, 0.1) is 12.3 Å². The van der Waals surface area contributed by atoms with Gasteiger partial charge < -0.3 is 4.90 Å². The number of hydrogen-bond acceptors (Lipinski definition) is 1. The van der Waals surface area contributed by atoms with Gasteiger partial charge in [0.1, 0.15) is 0 Å². The predicted molar refractivity (Wildman–Crippen MR) is 117 cm³/mol. The van der Waals surface area contributed by atoms with E-state index in [1.165, 1.54) is 5.57 Å². The summed E-state index contributed by atoms with van der Waals surface area (Å²) < 4.78 is 0. The van der Waals surface area contributed by atoms with E-state index in [4.69, 9.17) is 0 Å². The summed E-state index contributed by atoms with van der Waals surface area (Å²) in [5.41, 5.74) is 1.51. The summed E-state index contributed by atoms with van der Waals surface area (Å²) in [5, 5.41) is 3.39. The van der Waals surface area contributed by atoms with E-state index in [2.05, 4.69) is 56.3 Å². The summed E-state index contributed by atoms with van der Waals surface area (Å²) in [7, 11) is -2.77. The summed E-state index contributed by atoms with van der Waals surface area (Å²) >= 11 is 0. The summed E-state index contributed by atoms with van der Waals surface area (Å²) in [6, 6.07) is 0.337. The van der Waals surface area contributed by atoms with Gasteiger partial charge in [-0.3, -0.25) is 4.79 Å². The van der Waals surface area contributed by atoms with Crippen LogP contribution in [0.2, 0.25) is 39.3 Å². The van der Waals surface area contributed by atoms with E-state index >= 15 is 0 Å². The third kappa shape index (κ3) is 4.58. The maximum Gasteiger partial charge on any atom is 0.246 e. The zero-order valence-corrected chi connectivity index (χ0v) is 20.4. The number of amides is 1. The smallest absolute Gasteiger partial charge is 0.246 e. The van der Waals surface area contributed by atoms with Gasteiger partial charge >= 0.3 is 0 Å². The number of carbonyl (C=O) groups excluding carboxylic acids is 1. The third-order valence-electron chi connectivity index (χ3n) is 5.55. The Morgan fingerprint density at radius 3 is 2.07 bits per heavy atom. The number of rotatable bonds is 2. The van der Waals surface area contributed by atoms with E-state index in [0.717, 1.165) is 13.0 Å². The van der Waals surface area contributed by atoms with Crippen molar-refractivity contribution in [3.05, 3.63) is 64.9 Å². The molecule has 1 fully saturated rings. The molecule has 1 saturated heterocycles. The van der Waals surface area contributed by atoms with Crippen molar-refractivity contribution in [1.29, 1.82) is 0 Å². The van der Waals surface area contributed by atoms with Gasteiger partial charge in [-0.25, -0.2) is 0 Å². The van der Waals surface area contributed by atoms with E-state index in [9.17, 15) is 4.79 Å². The first-order valence-electron chi connectivity index (χ1n) is 9.72. The van der Waals surface area contributed by atoms with Crippen LogP contribution in [0.25, 0.3) is 0 Å². The minimum absolute atomic E-state index is 0. The molecule has 0 unspecified atom stereocenters. The Morgan fingerprint density at radius 2 is 1.59 bits per heavy atom. The molecular weight excluding hydrogens is 409 g/mol. The van der Waals surface area contributed by atoms with Gasteiger partial charge in [0.25, 0.3) is 0 Å². The van der Waals surface area contributed by atoms with Crippen molar-refractivity contribution >= 4 is 22.1 Å². The fourth-order valence-electron chi connectivity index (χ4n) is 4.50. The third-order valence-corrected chi connectivity index (χ3v) is 10.0. The van der Waals surface area contributed by atoms with Crippen LogP contribution in [-0.2, 0) is 21.6 Å². The van der Waals surface area contributed by atoms with Gasteiger partial charge in [-0.05, 0) is 18.1 Å². The quantitative estimate of drug-likeness (QED) is 0.548. The SMILES string of the molecule is C[Si](C)(C)C1=C([Si](C)(C)C)[C@@H]2C=CC(=O)N3CCC(=C1)[C@H]23.[CH]1C=CC=C1.[Co]. The molecule has 0 aromatic rings. The topological polar surface area (TPSA) is 20.3 Å². The molecule has 0 aromatic heterocycles. The number of carbonyl (C=O) groups is 1. The van der Waals surface area contributed by atoms with Crippen LogP contribution in [0.5, 0.6) is 0 Å². The Morgan fingerprint density at radius 1 is 0.963 bits per heavy atom. The second-order valence-electron chi connectivity index (χ2n) is 9.62. The Balaban J connectivity index is 0.000000379. The fourth-order valence-corrected chi connectivity index (χ4v) is 10.5. The normalized spacial score (nSPS) is 25.8. The van der Waals surface area contributed by atoms with Crippen molar-refractivity contribution in [3.8, 4) is 0 Å². The van der Waals surface area contributed by atoms with Gasteiger partial charge in [0.15, 0.2) is 0 Å². The standard InChI is InChI=1S/C17H27NOSi2.C5H5.Co/c1-20(2,3)14-11-12-9-10-18-15(19)8-7-13(16(12)18)17(14)21(4,5)6;1-2-4-5-3-1;/h7-8,11,13,16H,9-10H2,1-6H3;1-5H;/t13-,16-;;/m1../s1. The van der Waals surface area contributed by atoms with Crippen LogP contribution in [0.4, 0.5) is 0 Å². The minimum atomic E-state index is -1.41. The van der Waals surface area contributed by atoms with Crippen LogP contribution in [0.15, 0.2) is 58.5 Å². The monoisotopic (exact) mass is 441 g/mol. The summed E-state index contributed by atoms with van der Waals surface area (Å²) in [4.78, 5) is 14.3. The van der Waals surface area contributed by atoms with Crippen LogP contribution in [0.3, 0.4) is 0 Å². The molecule has 27 heavy (non-hydrogen) atoms.